The van der Waals surface area contributed by atoms with Crippen molar-refractivity contribution in [2.45, 2.75) is 33.9 Å². The van der Waals surface area contributed by atoms with Gasteiger partial charge < -0.3 is 5.73 Å². The topological polar surface area (TPSA) is 43.8 Å². The molecule has 0 saturated carbocycles. The highest BCUT2D eigenvalue weighted by Crippen LogP contribution is 2.15. The van der Waals surface area contributed by atoms with E-state index >= 15 is 0 Å². The molecule has 0 saturated heterocycles. The summed E-state index contributed by atoms with van der Waals surface area (Å²) in [5, 5.41) is 4.50. The minimum Gasteiger partial charge on any atom is -0.326 e. The van der Waals surface area contributed by atoms with Crippen LogP contribution in [0.3, 0.4) is 0 Å². The van der Waals surface area contributed by atoms with Crippen LogP contribution in [0.2, 0.25) is 0 Å². The van der Waals surface area contributed by atoms with Gasteiger partial charge in [0.15, 0.2) is 0 Å². The van der Waals surface area contributed by atoms with E-state index in [0.717, 1.165) is 17.8 Å². The van der Waals surface area contributed by atoms with Crippen LogP contribution in [-0.2, 0) is 13.1 Å². The number of hydrogen-bond acceptors (Lipinski definition) is 2. The largest absolute Gasteiger partial charge is 0.326 e. The summed E-state index contributed by atoms with van der Waals surface area (Å²) < 4.78 is 1.98. The number of benzene rings is 1. The van der Waals surface area contributed by atoms with Gasteiger partial charge in [-0.1, -0.05) is 18.2 Å². The van der Waals surface area contributed by atoms with E-state index in [9.17, 15) is 0 Å². The third-order valence-corrected chi connectivity index (χ3v) is 3.23. The summed E-state index contributed by atoms with van der Waals surface area (Å²) in [7, 11) is 0. The van der Waals surface area contributed by atoms with E-state index < -0.39 is 0 Å². The molecule has 1 heterocycles. The van der Waals surface area contributed by atoms with E-state index in [1.165, 1.54) is 16.7 Å². The number of nitrogens with zero attached hydrogens (tertiary/aromatic N) is 2. The average molecular weight is 229 g/mol. The van der Waals surface area contributed by atoms with Gasteiger partial charge in [0.25, 0.3) is 0 Å². The Kier molecular flexibility index (Phi) is 3.29. The molecule has 2 N–H and O–H groups in total. The molecule has 2 rings (SSSR count). The van der Waals surface area contributed by atoms with Crippen LogP contribution in [0.1, 0.15) is 27.9 Å². The van der Waals surface area contributed by atoms with Crippen molar-refractivity contribution in [3.05, 3.63) is 52.3 Å². The van der Waals surface area contributed by atoms with E-state index in [-0.39, 0.29) is 0 Å². The van der Waals surface area contributed by atoms with Crippen molar-refractivity contribution in [3.8, 4) is 0 Å². The van der Waals surface area contributed by atoms with Crippen molar-refractivity contribution < 1.29 is 0 Å². The molecule has 0 atom stereocenters. The second kappa shape index (κ2) is 4.72. The Balaban J connectivity index is 2.31. The van der Waals surface area contributed by atoms with Gasteiger partial charge in [-0.15, -0.1) is 0 Å². The van der Waals surface area contributed by atoms with Crippen LogP contribution < -0.4 is 5.73 Å². The monoisotopic (exact) mass is 229 g/mol. The minimum atomic E-state index is 0.554. The predicted octanol–water partition coefficient (Wildman–Crippen LogP) is 2.32. The summed E-state index contributed by atoms with van der Waals surface area (Å²) in [6.45, 7) is 7.66. The maximum absolute atomic E-state index is 5.66. The fraction of sp³-hybridized carbons (Fsp3) is 0.357. The van der Waals surface area contributed by atoms with Crippen LogP contribution >= 0.6 is 0 Å². The van der Waals surface area contributed by atoms with Gasteiger partial charge >= 0.3 is 0 Å². The number of aryl methyl sites for hydroxylation is 3. The molecule has 1 aromatic carbocycles. The summed E-state index contributed by atoms with van der Waals surface area (Å²) in [4.78, 5) is 0. The predicted molar refractivity (Wildman–Crippen MR) is 69.9 cm³/mol. The molecule has 17 heavy (non-hydrogen) atoms. The van der Waals surface area contributed by atoms with Crippen molar-refractivity contribution in [2.75, 3.05) is 0 Å². The Hall–Kier alpha value is -1.61. The Morgan fingerprint density at radius 1 is 1.18 bits per heavy atom. The summed E-state index contributed by atoms with van der Waals surface area (Å²) in [5.74, 6) is 0. The van der Waals surface area contributed by atoms with Gasteiger partial charge in [0, 0.05) is 18.3 Å². The Morgan fingerprint density at radius 3 is 2.35 bits per heavy atom. The highest BCUT2D eigenvalue weighted by atomic mass is 15.3. The maximum Gasteiger partial charge on any atom is 0.0664 e. The normalized spacial score (nSPS) is 10.8. The third-order valence-electron chi connectivity index (χ3n) is 3.23. The Labute approximate surface area is 102 Å². The molecule has 0 aliphatic rings. The van der Waals surface area contributed by atoms with Crippen molar-refractivity contribution in [1.29, 1.82) is 0 Å². The summed E-state index contributed by atoms with van der Waals surface area (Å²) in [5.41, 5.74) is 11.8. The molecular weight excluding hydrogens is 210 g/mol. The molecule has 0 fully saturated rings. The first-order valence-electron chi connectivity index (χ1n) is 5.90. The standard InChI is InChI=1S/C14H19N3/c1-10-5-4-6-11(2)14(10)9-17-8-13(7-15)12(3)16-17/h4-6,8H,7,9,15H2,1-3H3. The first-order valence-corrected chi connectivity index (χ1v) is 5.90. The molecule has 2 aromatic rings. The molecule has 3 heteroatoms. The van der Waals surface area contributed by atoms with Gasteiger partial charge in [0.1, 0.15) is 0 Å². The lowest BCUT2D eigenvalue weighted by molar-refractivity contribution is 0.673. The van der Waals surface area contributed by atoms with Crippen molar-refractivity contribution in [3.63, 3.8) is 0 Å². The summed E-state index contributed by atoms with van der Waals surface area (Å²) in [6.07, 6.45) is 2.04. The molecule has 1 aromatic heterocycles. The van der Waals surface area contributed by atoms with Gasteiger partial charge in [0.2, 0.25) is 0 Å². The quantitative estimate of drug-likeness (QED) is 0.877. The average Bonchev–Trinajstić information content (AvgIpc) is 2.64. The highest BCUT2D eigenvalue weighted by Gasteiger charge is 2.06. The van der Waals surface area contributed by atoms with Crippen LogP contribution in [0.4, 0.5) is 0 Å². The fourth-order valence-corrected chi connectivity index (χ4v) is 2.10. The van der Waals surface area contributed by atoms with Crippen molar-refractivity contribution in [1.82, 2.24) is 9.78 Å². The zero-order valence-corrected chi connectivity index (χ0v) is 10.7. The number of nitrogens with two attached hydrogens (primary N) is 1. The molecule has 0 amide bonds. The van der Waals surface area contributed by atoms with Gasteiger partial charge in [0.05, 0.1) is 12.2 Å². The SMILES string of the molecule is Cc1cccc(C)c1Cn1cc(CN)c(C)n1. The van der Waals surface area contributed by atoms with Crippen LogP contribution in [0.5, 0.6) is 0 Å². The Bertz CT molecular complexity index is 506. The van der Waals surface area contributed by atoms with E-state index in [4.69, 9.17) is 5.73 Å². The van der Waals surface area contributed by atoms with Gasteiger partial charge in [-0.05, 0) is 37.5 Å². The maximum atomic E-state index is 5.66. The van der Waals surface area contributed by atoms with E-state index in [1.807, 2.05) is 17.8 Å². The molecule has 0 radical (unpaired) electrons. The highest BCUT2D eigenvalue weighted by molar-refractivity contribution is 5.33. The zero-order valence-electron chi connectivity index (χ0n) is 10.7. The lowest BCUT2D eigenvalue weighted by Crippen LogP contribution is -2.04. The van der Waals surface area contributed by atoms with Crippen LogP contribution in [0.25, 0.3) is 0 Å². The molecule has 0 aliphatic carbocycles. The first kappa shape index (κ1) is 11.9. The van der Waals surface area contributed by atoms with Gasteiger partial charge in [-0.25, -0.2) is 0 Å². The zero-order chi connectivity index (χ0) is 12.4. The molecule has 0 spiro atoms. The third kappa shape index (κ3) is 2.39. The number of rotatable bonds is 3. The van der Waals surface area contributed by atoms with Gasteiger partial charge in [-0.3, -0.25) is 4.68 Å². The van der Waals surface area contributed by atoms with Crippen molar-refractivity contribution in [2.24, 2.45) is 5.73 Å². The molecule has 0 aliphatic heterocycles. The molecule has 0 unspecified atom stereocenters. The fourth-order valence-electron chi connectivity index (χ4n) is 2.10. The summed E-state index contributed by atoms with van der Waals surface area (Å²) >= 11 is 0. The van der Waals surface area contributed by atoms with Crippen molar-refractivity contribution >= 4 is 0 Å². The summed E-state index contributed by atoms with van der Waals surface area (Å²) in [6, 6.07) is 6.37. The minimum absolute atomic E-state index is 0.554. The molecule has 90 valence electrons. The molecular formula is C14H19N3. The molecule has 0 bridgehead atoms. The first-order chi connectivity index (χ1) is 8.11. The number of aromatic nitrogens is 2. The van der Waals surface area contributed by atoms with E-state index in [0.29, 0.717) is 6.54 Å². The smallest absolute Gasteiger partial charge is 0.0664 e. The lowest BCUT2D eigenvalue weighted by Gasteiger charge is -2.09. The van der Waals surface area contributed by atoms with Crippen LogP contribution in [-0.4, -0.2) is 9.78 Å². The van der Waals surface area contributed by atoms with Crippen LogP contribution in [0.15, 0.2) is 24.4 Å². The number of hydrogen-bond donors (Lipinski definition) is 1. The van der Waals surface area contributed by atoms with E-state index in [2.05, 4.69) is 37.1 Å². The second-order valence-electron chi connectivity index (χ2n) is 4.51. The van der Waals surface area contributed by atoms with Gasteiger partial charge in [-0.2, -0.15) is 5.10 Å². The molecule has 3 nitrogen and oxygen atoms in total. The lowest BCUT2D eigenvalue weighted by atomic mass is 10.0. The second-order valence-corrected chi connectivity index (χ2v) is 4.51. The van der Waals surface area contributed by atoms with E-state index in [1.54, 1.807) is 0 Å². The Morgan fingerprint density at radius 2 is 1.82 bits per heavy atom. The van der Waals surface area contributed by atoms with Crippen LogP contribution in [0, 0.1) is 20.8 Å².